The van der Waals surface area contributed by atoms with Crippen molar-refractivity contribution in [2.24, 2.45) is 5.73 Å². The zero-order chi connectivity index (χ0) is 13.4. The summed E-state index contributed by atoms with van der Waals surface area (Å²) in [7, 11) is 0. The van der Waals surface area contributed by atoms with E-state index in [2.05, 4.69) is 11.6 Å². The van der Waals surface area contributed by atoms with Crippen molar-refractivity contribution in [3.8, 4) is 0 Å². The van der Waals surface area contributed by atoms with Crippen LogP contribution in [0.25, 0.3) is 6.08 Å². The van der Waals surface area contributed by atoms with Crippen LogP contribution in [-0.2, 0) is 9.47 Å². The van der Waals surface area contributed by atoms with E-state index in [4.69, 9.17) is 15.2 Å². The first-order chi connectivity index (χ1) is 8.65. The van der Waals surface area contributed by atoms with Gasteiger partial charge in [-0.15, -0.1) is 0 Å². The van der Waals surface area contributed by atoms with Crippen molar-refractivity contribution in [2.75, 3.05) is 13.2 Å². The van der Waals surface area contributed by atoms with Crippen molar-refractivity contribution in [3.63, 3.8) is 0 Å². The van der Waals surface area contributed by atoms with Crippen molar-refractivity contribution in [2.45, 2.75) is 12.5 Å². The molecule has 2 atom stereocenters. The number of pyridine rings is 1. The highest BCUT2D eigenvalue weighted by Gasteiger charge is 2.33. The summed E-state index contributed by atoms with van der Waals surface area (Å²) in [6.07, 6.45) is 1.34. The third-order valence-electron chi connectivity index (χ3n) is 2.07. The molecule has 98 valence electrons. The van der Waals surface area contributed by atoms with Crippen LogP contribution in [-0.4, -0.2) is 35.6 Å². The molecule has 1 saturated heterocycles. The second kappa shape index (κ2) is 7.49. The number of hydrogen-bond acceptors (Lipinski definition) is 6. The maximum Gasteiger partial charge on any atom is 0.354 e. The van der Waals surface area contributed by atoms with Crippen LogP contribution in [0.3, 0.4) is 0 Å². The molecule has 7 nitrogen and oxygen atoms in total. The average molecular weight is 253 g/mol. The second-order valence-electron chi connectivity index (χ2n) is 3.34. The third-order valence-corrected chi connectivity index (χ3v) is 2.07. The van der Waals surface area contributed by atoms with Crippen LogP contribution < -0.4 is 5.73 Å². The molecule has 2 unspecified atom stereocenters. The van der Waals surface area contributed by atoms with Gasteiger partial charge in [0.2, 0.25) is 6.23 Å². The third kappa shape index (κ3) is 4.58. The summed E-state index contributed by atoms with van der Waals surface area (Å²) >= 11 is 0. The quantitative estimate of drug-likeness (QED) is 0.613. The van der Waals surface area contributed by atoms with Gasteiger partial charge < -0.3 is 9.47 Å². The molecule has 0 saturated carbocycles. The van der Waals surface area contributed by atoms with E-state index in [9.17, 15) is 10.1 Å². The highest BCUT2D eigenvalue weighted by atomic mass is 16.7. The van der Waals surface area contributed by atoms with Gasteiger partial charge in [-0.1, -0.05) is 12.6 Å². The number of ether oxygens (including phenoxy) is 2. The van der Waals surface area contributed by atoms with Gasteiger partial charge >= 0.3 is 6.23 Å². The Morgan fingerprint density at radius 1 is 1.50 bits per heavy atom. The summed E-state index contributed by atoms with van der Waals surface area (Å²) in [5.41, 5.74) is 6.11. The minimum Gasteiger partial charge on any atom is -0.351 e. The van der Waals surface area contributed by atoms with E-state index < -0.39 is 17.4 Å². The minimum atomic E-state index is -1.20. The number of rotatable bonds is 2. The molecule has 0 radical (unpaired) electrons. The molecule has 1 aromatic rings. The second-order valence-corrected chi connectivity index (χ2v) is 3.34. The molecular weight excluding hydrogens is 238 g/mol. The molecule has 0 aliphatic carbocycles. The Bertz CT molecular complexity index is 385. The minimum absolute atomic E-state index is 0.235. The van der Waals surface area contributed by atoms with Crippen molar-refractivity contribution in [1.29, 1.82) is 0 Å². The molecule has 0 bridgehead atoms. The predicted molar refractivity (Wildman–Crippen MR) is 65.0 cm³/mol. The van der Waals surface area contributed by atoms with Gasteiger partial charge in [-0.2, -0.15) is 0 Å². The van der Waals surface area contributed by atoms with Crippen LogP contribution in [0.1, 0.15) is 5.69 Å². The zero-order valence-electron chi connectivity index (χ0n) is 9.77. The largest absolute Gasteiger partial charge is 0.354 e. The topological polar surface area (TPSA) is 101 Å². The molecule has 0 aromatic carbocycles. The number of nitro groups is 1. The standard InChI is InChI=1S/C7H7N.C4H8N2O4/c1-2-7-5-3-4-6-8-7;5-3-4(6(7)8)10-2-1-9-3/h2-6H,1H2;3-4H,1-2,5H2. The number of nitrogens with zero attached hydrogens (tertiary/aromatic N) is 2. The van der Waals surface area contributed by atoms with Gasteiger partial charge in [-0.25, -0.2) is 0 Å². The molecule has 1 aliphatic rings. The number of nitrogens with two attached hydrogens (primary N) is 1. The lowest BCUT2D eigenvalue weighted by molar-refractivity contribution is -0.596. The number of aromatic nitrogens is 1. The fraction of sp³-hybridized carbons (Fsp3) is 0.364. The summed E-state index contributed by atoms with van der Waals surface area (Å²) in [4.78, 5) is 13.5. The maximum atomic E-state index is 10.1. The molecular formula is C11H15N3O4. The van der Waals surface area contributed by atoms with Gasteiger partial charge in [0.05, 0.1) is 23.8 Å². The van der Waals surface area contributed by atoms with Gasteiger partial charge in [0.25, 0.3) is 0 Å². The van der Waals surface area contributed by atoms with E-state index in [0.717, 1.165) is 5.69 Å². The first-order valence-corrected chi connectivity index (χ1v) is 5.31. The maximum absolute atomic E-state index is 10.1. The van der Waals surface area contributed by atoms with Crippen molar-refractivity contribution < 1.29 is 14.4 Å². The molecule has 1 aliphatic heterocycles. The average Bonchev–Trinajstić information content (AvgIpc) is 2.40. The van der Waals surface area contributed by atoms with Crippen LogP contribution in [0, 0.1) is 10.1 Å². The first kappa shape index (κ1) is 14.2. The summed E-state index contributed by atoms with van der Waals surface area (Å²) in [6, 6.07) is 5.73. The van der Waals surface area contributed by atoms with E-state index in [1.54, 1.807) is 12.3 Å². The summed E-state index contributed by atoms with van der Waals surface area (Å²) in [5.74, 6) is 0. The summed E-state index contributed by atoms with van der Waals surface area (Å²) < 4.78 is 9.47. The highest BCUT2D eigenvalue weighted by Crippen LogP contribution is 2.05. The van der Waals surface area contributed by atoms with Gasteiger partial charge in [-0.3, -0.25) is 20.8 Å². The lowest BCUT2D eigenvalue weighted by Gasteiger charge is -2.21. The summed E-state index contributed by atoms with van der Waals surface area (Å²) in [6.45, 7) is 4.13. The van der Waals surface area contributed by atoms with Crippen LogP contribution in [0.4, 0.5) is 0 Å². The predicted octanol–water partition coefficient (Wildman–Crippen LogP) is 0.645. The molecule has 2 N–H and O–H groups in total. The van der Waals surface area contributed by atoms with Gasteiger partial charge in [0, 0.05) is 6.20 Å². The molecule has 7 heteroatoms. The first-order valence-electron chi connectivity index (χ1n) is 5.31. The molecule has 1 aromatic heterocycles. The van der Waals surface area contributed by atoms with Crippen LogP contribution in [0.5, 0.6) is 0 Å². The van der Waals surface area contributed by atoms with Crippen molar-refractivity contribution in [1.82, 2.24) is 4.98 Å². The van der Waals surface area contributed by atoms with Gasteiger partial charge in [0.1, 0.15) is 0 Å². The number of hydrogen-bond donors (Lipinski definition) is 1. The Labute approximate surface area is 104 Å². The Hall–Kier alpha value is -1.83. The van der Waals surface area contributed by atoms with E-state index >= 15 is 0 Å². The molecule has 2 heterocycles. The smallest absolute Gasteiger partial charge is 0.351 e. The molecule has 0 spiro atoms. The highest BCUT2D eigenvalue weighted by molar-refractivity contribution is 5.40. The SMILES string of the molecule is C=Cc1ccccn1.NC1OCCOC1[N+](=O)[O-]. The zero-order valence-corrected chi connectivity index (χ0v) is 9.77. The van der Waals surface area contributed by atoms with Crippen LogP contribution >= 0.6 is 0 Å². The van der Waals surface area contributed by atoms with E-state index in [0.29, 0.717) is 6.61 Å². The van der Waals surface area contributed by atoms with E-state index in [1.165, 1.54) is 0 Å². The Balaban J connectivity index is 0.000000184. The monoisotopic (exact) mass is 253 g/mol. The molecule has 2 rings (SSSR count). The van der Waals surface area contributed by atoms with Crippen molar-refractivity contribution in [3.05, 3.63) is 46.8 Å². The Morgan fingerprint density at radius 2 is 2.22 bits per heavy atom. The van der Waals surface area contributed by atoms with Crippen LogP contribution in [0.15, 0.2) is 31.0 Å². The molecule has 18 heavy (non-hydrogen) atoms. The van der Waals surface area contributed by atoms with Crippen molar-refractivity contribution >= 4 is 6.08 Å². The van der Waals surface area contributed by atoms with Crippen LogP contribution in [0.2, 0.25) is 0 Å². The lowest BCUT2D eigenvalue weighted by Crippen LogP contribution is -2.48. The van der Waals surface area contributed by atoms with Gasteiger partial charge in [-0.05, 0) is 18.2 Å². The lowest BCUT2D eigenvalue weighted by atomic mass is 10.4. The molecule has 1 fully saturated rings. The van der Waals surface area contributed by atoms with E-state index in [1.807, 2.05) is 18.2 Å². The fourth-order valence-corrected chi connectivity index (χ4v) is 1.21. The summed E-state index contributed by atoms with van der Waals surface area (Å²) in [5, 5.41) is 10.1. The van der Waals surface area contributed by atoms with E-state index in [-0.39, 0.29) is 6.61 Å². The van der Waals surface area contributed by atoms with Gasteiger partial charge in [0.15, 0.2) is 0 Å². The normalized spacial score (nSPS) is 22.5. The Morgan fingerprint density at radius 3 is 2.61 bits per heavy atom. The Kier molecular flexibility index (Phi) is 5.92. The fourth-order valence-electron chi connectivity index (χ4n) is 1.21. The molecule has 0 amide bonds.